The average molecular weight is 445 g/mol. The summed E-state index contributed by atoms with van der Waals surface area (Å²) >= 11 is 5.84. The molecule has 2 amide bonds. The molecule has 164 valence electrons. The summed E-state index contributed by atoms with van der Waals surface area (Å²) < 4.78 is 5.14. The average Bonchev–Trinajstić information content (AvgIpc) is 2.76. The second-order valence-corrected chi connectivity index (χ2v) is 7.57. The van der Waals surface area contributed by atoms with Crippen molar-refractivity contribution in [3.63, 3.8) is 0 Å². The molecular weight excluding hydrogens is 420 g/mol. The van der Waals surface area contributed by atoms with Crippen LogP contribution < -0.4 is 10.6 Å². The number of anilines is 1. The van der Waals surface area contributed by atoms with E-state index in [1.807, 2.05) is 13.8 Å². The van der Waals surface area contributed by atoms with Gasteiger partial charge in [-0.1, -0.05) is 31.9 Å². The number of ketones is 1. The third-order valence-electron chi connectivity index (χ3n) is 4.78. The van der Waals surface area contributed by atoms with Crippen LogP contribution in [0.3, 0.4) is 0 Å². The molecule has 0 spiro atoms. The van der Waals surface area contributed by atoms with E-state index in [0.717, 1.165) is 0 Å². The maximum absolute atomic E-state index is 12.6. The molecule has 2 aromatic carbocycles. The zero-order chi connectivity index (χ0) is 23.0. The molecule has 0 aliphatic rings. The van der Waals surface area contributed by atoms with E-state index in [0.29, 0.717) is 28.3 Å². The van der Waals surface area contributed by atoms with Gasteiger partial charge in [0.25, 0.3) is 11.8 Å². The Morgan fingerprint density at radius 2 is 1.55 bits per heavy atom. The van der Waals surface area contributed by atoms with Crippen molar-refractivity contribution in [3.05, 3.63) is 64.7 Å². The van der Waals surface area contributed by atoms with Gasteiger partial charge in [-0.05, 0) is 61.4 Å². The van der Waals surface area contributed by atoms with Crippen molar-refractivity contribution in [3.8, 4) is 0 Å². The van der Waals surface area contributed by atoms with E-state index < -0.39 is 30.4 Å². The van der Waals surface area contributed by atoms with Crippen molar-refractivity contribution < 1.29 is 23.9 Å². The van der Waals surface area contributed by atoms with Crippen LogP contribution in [-0.4, -0.2) is 36.2 Å². The number of ether oxygens (including phenoxy) is 1. The minimum absolute atomic E-state index is 0.0801. The van der Waals surface area contributed by atoms with E-state index in [2.05, 4.69) is 10.6 Å². The van der Waals surface area contributed by atoms with Crippen LogP contribution >= 0.6 is 11.6 Å². The summed E-state index contributed by atoms with van der Waals surface area (Å²) in [5.41, 5.74) is 1.36. The van der Waals surface area contributed by atoms with Crippen molar-refractivity contribution >= 4 is 40.9 Å². The molecule has 2 rings (SSSR count). The first-order valence-corrected chi connectivity index (χ1v) is 10.2. The molecule has 8 heteroatoms. The molecule has 2 atom stereocenters. The number of hydrogen-bond acceptors (Lipinski definition) is 5. The Balaban J connectivity index is 1.95. The molecule has 0 radical (unpaired) electrons. The summed E-state index contributed by atoms with van der Waals surface area (Å²) in [5, 5.41) is 5.76. The summed E-state index contributed by atoms with van der Waals surface area (Å²) in [6.07, 6.45) is 0.620. The molecule has 0 aromatic heterocycles. The van der Waals surface area contributed by atoms with Gasteiger partial charge in [0.05, 0.1) is 0 Å². The zero-order valence-corrected chi connectivity index (χ0v) is 18.4. The first-order valence-electron chi connectivity index (χ1n) is 9.85. The fraction of sp³-hybridized carbons (Fsp3) is 0.304. The number of amides is 2. The first-order chi connectivity index (χ1) is 14.7. The van der Waals surface area contributed by atoms with E-state index in [1.165, 1.54) is 6.92 Å². The van der Waals surface area contributed by atoms with Crippen LogP contribution in [0.15, 0.2) is 48.5 Å². The maximum Gasteiger partial charge on any atom is 0.329 e. The summed E-state index contributed by atoms with van der Waals surface area (Å²) in [4.78, 5) is 48.5. The Morgan fingerprint density at radius 3 is 2.10 bits per heavy atom. The number of Topliss-reactive ketones (excluding diaryl/α,β-unsaturated/α-hetero) is 1. The molecule has 2 N–H and O–H groups in total. The summed E-state index contributed by atoms with van der Waals surface area (Å²) in [7, 11) is 0. The van der Waals surface area contributed by atoms with E-state index >= 15 is 0 Å². The van der Waals surface area contributed by atoms with Gasteiger partial charge in [0.1, 0.15) is 6.04 Å². The lowest BCUT2D eigenvalue weighted by Gasteiger charge is -2.22. The van der Waals surface area contributed by atoms with Crippen LogP contribution in [0.4, 0.5) is 5.69 Å². The number of benzene rings is 2. The topological polar surface area (TPSA) is 102 Å². The smallest absolute Gasteiger partial charge is 0.329 e. The SMILES string of the molecule is CC[C@@H](C)[C@H](NC(=O)c1ccc(Cl)cc1)C(=O)OCC(=O)Nc1ccc(C(C)=O)cc1. The number of esters is 1. The summed E-state index contributed by atoms with van der Waals surface area (Å²) in [6.45, 7) is 4.64. The fourth-order valence-electron chi connectivity index (χ4n) is 2.71. The lowest BCUT2D eigenvalue weighted by molar-refractivity contribution is -0.150. The third kappa shape index (κ3) is 7.22. The maximum atomic E-state index is 12.6. The van der Waals surface area contributed by atoms with E-state index in [9.17, 15) is 19.2 Å². The lowest BCUT2D eigenvalue weighted by Crippen LogP contribution is -2.46. The molecule has 0 aliphatic heterocycles. The van der Waals surface area contributed by atoms with Crippen LogP contribution in [0.1, 0.15) is 47.9 Å². The molecule has 31 heavy (non-hydrogen) atoms. The van der Waals surface area contributed by atoms with Gasteiger partial charge in [0.15, 0.2) is 12.4 Å². The second kappa shape index (κ2) is 11.3. The predicted octanol–water partition coefficient (Wildman–Crippen LogP) is 3.87. The molecule has 0 saturated heterocycles. The highest BCUT2D eigenvalue weighted by Crippen LogP contribution is 2.14. The number of carbonyl (C=O) groups excluding carboxylic acids is 4. The normalized spacial score (nSPS) is 12.4. The van der Waals surface area contributed by atoms with Crippen molar-refractivity contribution in [2.45, 2.75) is 33.2 Å². The summed E-state index contributed by atoms with van der Waals surface area (Å²) in [6, 6.07) is 11.7. The highest BCUT2D eigenvalue weighted by atomic mass is 35.5. The molecule has 0 heterocycles. The highest BCUT2D eigenvalue weighted by molar-refractivity contribution is 6.30. The molecule has 0 aliphatic carbocycles. The van der Waals surface area contributed by atoms with Gasteiger partial charge in [0.2, 0.25) is 0 Å². The minimum Gasteiger partial charge on any atom is -0.454 e. The van der Waals surface area contributed by atoms with Gasteiger partial charge >= 0.3 is 5.97 Å². The predicted molar refractivity (Wildman–Crippen MR) is 118 cm³/mol. The number of halogens is 1. The van der Waals surface area contributed by atoms with Gasteiger partial charge in [-0.3, -0.25) is 14.4 Å². The molecule has 0 saturated carbocycles. The third-order valence-corrected chi connectivity index (χ3v) is 5.03. The highest BCUT2D eigenvalue weighted by Gasteiger charge is 2.28. The lowest BCUT2D eigenvalue weighted by atomic mass is 9.99. The van der Waals surface area contributed by atoms with Crippen LogP contribution in [0, 0.1) is 5.92 Å². The molecule has 0 unspecified atom stereocenters. The van der Waals surface area contributed by atoms with Crippen molar-refractivity contribution in [2.24, 2.45) is 5.92 Å². The number of nitrogens with one attached hydrogen (secondary N) is 2. The quantitative estimate of drug-likeness (QED) is 0.451. The Hall–Kier alpha value is -3.19. The number of rotatable bonds is 9. The van der Waals surface area contributed by atoms with E-state index in [-0.39, 0.29) is 11.7 Å². The summed E-state index contributed by atoms with van der Waals surface area (Å²) in [5.74, 6) is -1.95. The first kappa shape index (κ1) is 24.1. The Morgan fingerprint density at radius 1 is 0.968 bits per heavy atom. The van der Waals surface area contributed by atoms with E-state index in [1.54, 1.807) is 48.5 Å². The van der Waals surface area contributed by atoms with Gasteiger partial charge < -0.3 is 15.4 Å². The van der Waals surface area contributed by atoms with E-state index in [4.69, 9.17) is 16.3 Å². The fourth-order valence-corrected chi connectivity index (χ4v) is 2.83. The Bertz CT molecular complexity index is 941. The molecule has 2 aromatic rings. The van der Waals surface area contributed by atoms with Crippen LogP contribution in [0.2, 0.25) is 5.02 Å². The van der Waals surface area contributed by atoms with Crippen LogP contribution in [0.25, 0.3) is 0 Å². The monoisotopic (exact) mass is 444 g/mol. The van der Waals surface area contributed by atoms with Crippen molar-refractivity contribution in [1.82, 2.24) is 5.32 Å². The molecule has 7 nitrogen and oxygen atoms in total. The molecule has 0 bridgehead atoms. The minimum atomic E-state index is -0.907. The Labute approximate surface area is 186 Å². The molecular formula is C23H25ClN2O5. The van der Waals surface area contributed by atoms with Crippen molar-refractivity contribution in [2.75, 3.05) is 11.9 Å². The van der Waals surface area contributed by atoms with Gasteiger partial charge in [-0.25, -0.2) is 4.79 Å². The second-order valence-electron chi connectivity index (χ2n) is 7.13. The number of carbonyl (C=O) groups is 4. The van der Waals surface area contributed by atoms with Gasteiger partial charge in [-0.2, -0.15) is 0 Å². The van der Waals surface area contributed by atoms with Crippen LogP contribution in [0.5, 0.6) is 0 Å². The Kier molecular flexibility index (Phi) is 8.75. The zero-order valence-electron chi connectivity index (χ0n) is 17.6. The molecule has 0 fully saturated rings. The van der Waals surface area contributed by atoms with Gasteiger partial charge in [-0.15, -0.1) is 0 Å². The number of hydrogen-bond donors (Lipinski definition) is 2. The van der Waals surface area contributed by atoms with Crippen LogP contribution in [-0.2, 0) is 14.3 Å². The largest absolute Gasteiger partial charge is 0.454 e. The standard InChI is InChI=1S/C23H25ClN2O5/c1-4-14(2)21(26-22(29)17-5-9-18(24)10-6-17)23(30)31-13-20(28)25-19-11-7-16(8-12-19)15(3)27/h5-12,14,21H,4,13H2,1-3H3,(H,25,28)(H,26,29)/t14-,21+/m1/s1. The van der Waals surface area contributed by atoms with Gasteiger partial charge in [0, 0.05) is 21.8 Å². The van der Waals surface area contributed by atoms with Crippen molar-refractivity contribution in [1.29, 1.82) is 0 Å².